The molecule has 1 amide bonds. The molecule has 3 rings (SSSR count). The lowest BCUT2D eigenvalue weighted by Crippen LogP contribution is -2.22. The summed E-state index contributed by atoms with van der Waals surface area (Å²) in [7, 11) is 0. The largest absolute Gasteiger partial charge is 0.301 e. The fourth-order valence-corrected chi connectivity index (χ4v) is 4.07. The smallest absolute Gasteiger partial charge is 0.239 e. The lowest BCUT2D eigenvalue weighted by molar-refractivity contribution is -0.115. The maximum absolute atomic E-state index is 12.5. The van der Waals surface area contributed by atoms with Gasteiger partial charge in [0.25, 0.3) is 0 Å². The van der Waals surface area contributed by atoms with Crippen LogP contribution in [0, 0.1) is 13.8 Å². The number of aryl methyl sites for hydroxylation is 2. The molecule has 140 valence electrons. The molecule has 3 aromatic rings. The highest BCUT2D eigenvalue weighted by Gasteiger charge is 2.21. The quantitative estimate of drug-likeness (QED) is 0.473. The Bertz CT molecular complexity index is 963. The zero-order valence-electron chi connectivity index (χ0n) is 15.5. The molecule has 0 saturated heterocycles. The third-order valence-corrected chi connectivity index (χ3v) is 5.87. The van der Waals surface area contributed by atoms with Crippen LogP contribution in [0.3, 0.4) is 0 Å². The second-order valence-corrected chi connectivity index (χ2v) is 8.23. The summed E-state index contributed by atoms with van der Waals surface area (Å²) in [4.78, 5) is 16.8. The molecule has 0 aliphatic carbocycles. The SMILES string of the molecule is C=CCn1c(SC(C)C(=O)Nc2nc(C)cs2)nnc1-c1ccccc1C. The minimum absolute atomic E-state index is 0.111. The van der Waals surface area contributed by atoms with Gasteiger partial charge < -0.3 is 5.32 Å². The Morgan fingerprint density at radius 3 is 2.81 bits per heavy atom. The molecular weight excluding hydrogens is 378 g/mol. The Kier molecular flexibility index (Phi) is 6.08. The van der Waals surface area contributed by atoms with Gasteiger partial charge >= 0.3 is 0 Å². The molecule has 6 nitrogen and oxygen atoms in total. The zero-order chi connectivity index (χ0) is 19.4. The van der Waals surface area contributed by atoms with Gasteiger partial charge in [-0.3, -0.25) is 9.36 Å². The van der Waals surface area contributed by atoms with Gasteiger partial charge in [-0.15, -0.1) is 28.1 Å². The van der Waals surface area contributed by atoms with Crippen molar-refractivity contribution in [2.75, 3.05) is 5.32 Å². The topological polar surface area (TPSA) is 72.7 Å². The van der Waals surface area contributed by atoms with Gasteiger partial charge in [0.05, 0.1) is 10.9 Å². The second-order valence-electron chi connectivity index (χ2n) is 6.06. The third-order valence-electron chi connectivity index (χ3n) is 3.92. The van der Waals surface area contributed by atoms with E-state index in [1.165, 1.54) is 23.1 Å². The highest BCUT2D eigenvalue weighted by atomic mass is 32.2. The van der Waals surface area contributed by atoms with Crippen molar-refractivity contribution in [1.29, 1.82) is 0 Å². The van der Waals surface area contributed by atoms with Crippen molar-refractivity contribution in [3.63, 3.8) is 0 Å². The number of nitrogens with one attached hydrogen (secondary N) is 1. The first-order valence-corrected chi connectivity index (χ1v) is 10.2. The molecule has 2 heterocycles. The molecule has 0 aliphatic heterocycles. The van der Waals surface area contributed by atoms with Gasteiger partial charge in [0.15, 0.2) is 16.1 Å². The highest BCUT2D eigenvalue weighted by molar-refractivity contribution is 8.00. The van der Waals surface area contributed by atoms with Crippen LogP contribution in [0.25, 0.3) is 11.4 Å². The van der Waals surface area contributed by atoms with E-state index < -0.39 is 0 Å². The minimum Gasteiger partial charge on any atom is -0.301 e. The standard InChI is InChI=1S/C19H21N5OS2/c1-5-10-24-16(15-9-7-6-8-12(15)2)22-23-19(24)27-14(4)17(25)21-18-20-13(3)11-26-18/h5-9,11,14H,1,10H2,2-4H3,(H,20,21,25). The van der Waals surface area contributed by atoms with Gasteiger partial charge in [-0.2, -0.15) is 0 Å². The van der Waals surface area contributed by atoms with Crippen LogP contribution in [-0.4, -0.2) is 30.9 Å². The predicted molar refractivity (Wildman–Crippen MR) is 111 cm³/mol. The van der Waals surface area contributed by atoms with Crippen molar-refractivity contribution in [1.82, 2.24) is 19.7 Å². The number of carbonyl (C=O) groups excluding carboxylic acids is 1. The normalized spacial score (nSPS) is 12.0. The molecule has 0 radical (unpaired) electrons. The fraction of sp³-hybridized carbons (Fsp3) is 0.263. The number of nitrogens with zero attached hydrogens (tertiary/aromatic N) is 4. The maximum atomic E-state index is 12.5. The second kappa shape index (κ2) is 8.49. The summed E-state index contributed by atoms with van der Waals surface area (Å²) in [5.41, 5.74) is 3.04. The summed E-state index contributed by atoms with van der Waals surface area (Å²) < 4.78 is 1.98. The zero-order valence-corrected chi connectivity index (χ0v) is 17.1. The van der Waals surface area contributed by atoms with Crippen molar-refractivity contribution in [2.24, 2.45) is 0 Å². The minimum atomic E-state index is -0.341. The number of thioether (sulfide) groups is 1. The van der Waals surface area contributed by atoms with Gasteiger partial charge in [0.1, 0.15) is 0 Å². The molecule has 8 heteroatoms. The van der Waals surface area contributed by atoms with Gasteiger partial charge in [0, 0.05) is 17.5 Å². The summed E-state index contributed by atoms with van der Waals surface area (Å²) in [5, 5.41) is 14.4. The number of anilines is 1. The van der Waals surface area contributed by atoms with Crippen molar-refractivity contribution < 1.29 is 4.79 Å². The van der Waals surface area contributed by atoms with Gasteiger partial charge in [-0.25, -0.2) is 4.98 Å². The number of thiazole rings is 1. The van der Waals surface area contributed by atoms with Crippen LogP contribution >= 0.6 is 23.1 Å². The van der Waals surface area contributed by atoms with Crippen molar-refractivity contribution in [3.05, 3.63) is 53.6 Å². The van der Waals surface area contributed by atoms with E-state index in [2.05, 4.69) is 27.1 Å². The van der Waals surface area contributed by atoms with Crippen LogP contribution in [0.5, 0.6) is 0 Å². The Hall–Kier alpha value is -2.45. The van der Waals surface area contributed by atoms with E-state index in [0.717, 1.165) is 22.6 Å². The van der Waals surface area contributed by atoms with E-state index in [9.17, 15) is 4.79 Å². The van der Waals surface area contributed by atoms with Crippen LogP contribution in [0.1, 0.15) is 18.2 Å². The number of hydrogen-bond acceptors (Lipinski definition) is 6. The lowest BCUT2D eigenvalue weighted by atomic mass is 10.1. The Morgan fingerprint density at radius 2 is 2.15 bits per heavy atom. The van der Waals surface area contributed by atoms with Gasteiger partial charge in [0.2, 0.25) is 5.91 Å². The van der Waals surface area contributed by atoms with E-state index in [-0.39, 0.29) is 11.2 Å². The summed E-state index contributed by atoms with van der Waals surface area (Å²) in [5.74, 6) is 0.665. The van der Waals surface area contributed by atoms with Crippen LogP contribution in [0.2, 0.25) is 0 Å². The third kappa shape index (κ3) is 4.45. The van der Waals surface area contributed by atoms with Gasteiger partial charge in [-0.05, 0) is 26.3 Å². The Labute approximate surface area is 166 Å². The van der Waals surface area contributed by atoms with Crippen LogP contribution in [0.15, 0.2) is 47.5 Å². The summed E-state index contributed by atoms with van der Waals surface area (Å²) in [6, 6.07) is 8.04. The molecule has 1 N–H and O–H groups in total. The highest BCUT2D eigenvalue weighted by Crippen LogP contribution is 2.29. The monoisotopic (exact) mass is 399 g/mol. The molecule has 1 aromatic carbocycles. The fourth-order valence-electron chi connectivity index (χ4n) is 2.52. The lowest BCUT2D eigenvalue weighted by Gasteiger charge is -2.12. The van der Waals surface area contributed by atoms with Gasteiger partial charge in [-0.1, -0.05) is 42.1 Å². The Balaban J connectivity index is 1.81. The van der Waals surface area contributed by atoms with Crippen LogP contribution < -0.4 is 5.32 Å². The first-order valence-electron chi connectivity index (χ1n) is 8.49. The molecule has 1 unspecified atom stereocenters. The van der Waals surface area contributed by atoms with Crippen molar-refractivity contribution in [3.8, 4) is 11.4 Å². The van der Waals surface area contributed by atoms with E-state index in [0.29, 0.717) is 16.8 Å². The van der Waals surface area contributed by atoms with E-state index >= 15 is 0 Å². The Morgan fingerprint density at radius 1 is 1.37 bits per heavy atom. The number of rotatable bonds is 7. The predicted octanol–water partition coefficient (Wildman–Crippen LogP) is 4.32. The number of allylic oxidation sites excluding steroid dienone is 1. The first-order chi connectivity index (χ1) is 13.0. The number of carbonyl (C=O) groups is 1. The van der Waals surface area contributed by atoms with Crippen molar-refractivity contribution in [2.45, 2.75) is 37.7 Å². The number of benzene rings is 1. The summed E-state index contributed by atoms with van der Waals surface area (Å²) in [6.07, 6.45) is 1.80. The van der Waals surface area contributed by atoms with E-state index in [1.54, 1.807) is 6.08 Å². The molecular formula is C19H21N5OS2. The average molecular weight is 400 g/mol. The molecule has 2 aromatic heterocycles. The molecule has 0 fully saturated rings. The summed E-state index contributed by atoms with van der Waals surface area (Å²) in [6.45, 7) is 10.2. The number of aromatic nitrogens is 4. The molecule has 0 bridgehead atoms. The van der Waals surface area contributed by atoms with Crippen LogP contribution in [-0.2, 0) is 11.3 Å². The summed E-state index contributed by atoms with van der Waals surface area (Å²) >= 11 is 2.79. The molecule has 0 saturated carbocycles. The maximum Gasteiger partial charge on any atom is 0.239 e. The van der Waals surface area contributed by atoms with E-state index in [1.807, 2.05) is 55.0 Å². The molecule has 0 aliphatic rings. The number of hydrogen-bond donors (Lipinski definition) is 1. The first kappa shape index (κ1) is 19.3. The molecule has 1 atom stereocenters. The van der Waals surface area contributed by atoms with Crippen molar-refractivity contribution >= 4 is 34.1 Å². The number of amides is 1. The molecule has 27 heavy (non-hydrogen) atoms. The average Bonchev–Trinajstić information content (AvgIpc) is 3.22. The molecule has 0 spiro atoms. The van der Waals surface area contributed by atoms with Crippen LogP contribution in [0.4, 0.5) is 5.13 Å². The van der Waals surface area contributed by atoms with E-state index in [4.69, 9.17) is 0 Å².